The first-order valence-electron chi connectivity index (χ1n) is 9.68. The van der Waals surface area contributed by atoms with Gasteiger partial charge in [-0.3, -0.25) is 9.69 Å². The van der Waals surface area contributed by atoms with Crippen molar-refractivity contribution in [2.45, 2.75) is 25.7 Å². The van der Waals surface area contributed by atoms with E-state index >= 15 is 0 Å². The monoisotopic (exact) mass is 434 g/mol. The molecule has 8 nitrogen and oxygen atoms in total. The zero-order chi connectivity index (χ0) is 21.7. The molecule has 1 aromatic carbocycles. The van der Waals surface area contributed by atoms with Gasteiger partial charge in [-0.15, -0.1) is 0 Å². The van der Waals surface area contributed by atoms with Crippen molar-refractivity contribution < 1.29 is 14.0 Å². The Labute approximate surface area is 179 Å². The van der Waals surface area contributed by atoms with Crippen LogP contribution in [0.2, 0.25) is 5.02 Å². The van der Waals surface area contributed by atoms with E-state index in [4.69, 9.17) is 16.6 Å². The lowest BCUT2D eigenvalue weighted by Gasteiger charge is -2.40. The van der Waals surface area contributed by atoms with Crippen molar-refractivity contribution in [3.8, 4) is 0 Å². The van der Waals surface area contributed by atoms with E-state index in [1.165, 1.54) is 23.1 Å². The summed E-state index contributed by atoms with van der Waals surface area (Å²) in [5, 5.41) is 0.176. The maximum Gasteiger partial charge on any atom is 0.328 e. The van der Waals surface area contributed by atoms with Crippen LogP contribution in [0.4, 0.5) is 9.18 Å². The summed E-state index contributed by atoms with van der Waals surface area (Å²) in [4.78, 5) is 39.4. The van der Waals surface area contributed by atoms with Crippen LogP contribution in [0.5, 0.6) is 0 Å². The second-order valence-electron chi connectivity index (χ2n) is 7.94. The number of imide groups is 1. The number of allylic oxidation sites excluding steroid dienone is 1. The van der Waals surface area contributed by atoms with Crippen LogP contribution in [0.15, 0.2) is 35.1 Å². The summed E-state index contributed by atoms with van der Waals surface area (Å²) in [6.45, 7) is 3.26. The summed E-state index contributed by atoms with van der Waals surface area (Å²) >= 11 is 6.12. The molecule has 160 valence electrons. The van der Waals surface area contributed by atoms with E-state index in [1.807, 2.05) is 37.0 Å². The first-order chi connectivity index (χ1) is 14.2. The van der Waals surface area contributed by atoms with Gasteiger partial charge in [-0.05, 0) is 33.2 Å². The third-order valence-corrected chi connectivity index (χ3v) is 6.01. The lowest BCUT2D eigenvalue weighted by Crippen LogP contribution is -2.64. The number of carbonyl (C=O) groups is 2. The van der Waals surface area contributed by atoms with Gasteiger partial charge in [0.1, 0.15) is 5.82 Å². The third kappa shape index (κ3) is 3.22. The molecular weight excluding hydrogens is 411 g/mol. The van der Waals surface area contributed by atoms with E-state index in [0.717, 1.165) is 17.1 Å². The Morgan fingerprint density at radius 3 is 2.63 bits per heavy atom. The Balaban J connectivity index is 1.62. The molecule has 3 aliphatic heterocycles. The van der Waals surface area contributed by atoms with Crippen molar-refractivity contribution >= 4 is 29.5 Å². The lowest BCUT2D eigenvalue weighted by molar-refractivity contribution is -0.137. The van der Waals surface area contributed by atoms with E-state index in [-0.39, 0.29) is 17.1 Å². The molecule has 3 aliphatic rings. The van der Waals surface area contributed by atoms with Crippen molar-refractivity contribution in [3.63, 3.8) is 0 Å². The van der Waals surface area contributed by atoms with Crippen molar-refractivity contribution in [1.82, 2.24) is 24.5 Å². The first-order valence-corrected chi connectivity index (χ1v) is 10.1. The molecule has 0 radical (unpaired) electrons. The smallest absolute Gasteiger partial charge is 0.313 e. The highest BCUT2D eigenvalue weighted by molar-refractivity contribution is 6.31. The maximum atomic E-state index is 14.3. The second-order valence-corrected chi connectivity index (χ2v) is 8.35. The number of likely N-dealkylation sites (N-methyl/N-ethyl adjacent to an activating group) is 2. The van der Waals surface area contributed by atoms with E-state index < -0.39 is 30.0 Å². The van der Waals surface area contributed by atoms with Gasteiger partial charge in [0.15, 0.2) is 12.2 Å². The van der Waals surface area contributed by atoms with Crippen LogP contribution in [0.1, 0.15) is 12.5 Å². The van der Waals surface area contributed by atoms with Gasteiger partial charge in [-0.2, -0.15) is 0 Å². The standard InChI is InChI=1S/C20H24ClFN6O2/c1-12-10-27-16-17(23-19(27)26(12)9-8-24(2)3)25(4)20(30)28(18(16)29)11-13-14(21)6-5-7-15(13)22/h5-7,10,16-17H,8-9,11H2,1-4H3. The molecule has 30 heavy (non-hydrogen) atoms. The number of fused-ring (bicyclic) bond motifs is 3. The Kier molecular flexibility index (Phi) is 5.19. The number of hydrogen-bond donors (Lipinski definition) is 0. The predicted molar refractivity (Wildman–Crippen MR) is 111 cm³/mol. The molecule has 3 heterocycles. The van der Waals surface area contributed by atoms with Crippen molar-refractivity contribution in [2.75, 3.05) is 34.2 Å². The molecule has 4 rings (SSSR count). The Hall–Kier alpha value is -2.65. The molecule has 1 aromatic rings. The van der Waals surface area contributed by atoms with E-state index in [9.17, 15) is 14.0 Å². The quantitative estimate of drug-likeness (QED) is 0.709. The Morgan fingerprint density at radius 1 is 1.23 bits per heavy atom. The Morgan fingerprint density at radius 2 is 1.97 bits per heavy atom. The number of nitrogens with zero attached hydrogens (tertiary/aromatic N) is 6. The Bertz CT molecular complexity index is 944. The molecule has 1 saturated heterocycles. The number of aliphatic imine (C=N–C) groups is 1. The van der Waals surface area contributed by atoms with E-state index in [2.05, 4.69) is 4.90 Å². The fourth-order valence-corrected chi connectivity index (χ4v) is 4.19. The van der Waals surface area contributed by atoms with Gasteiger partial charge in [0, 0.05) is 42.6 Å². The first kappa shape index (κ1) is 20.6. The van der Waals surface area contributed by atoms with Crippen LogP contribution in [0.25, 0.3) is 0 Å². The number of rotatable bonds is 5. The van der Waals surface area contributed by atoms with Gasteiger partial charge in [0.05, 0.1) is 6.54 Å². The molecule has 0 aromatic heterocycles. The molecule has 0 saturated carbocycles. The van der Waals surface area contributed by atoms with Gasteiger partial charge >= 0.3 is 6.03 Å². The minimum Gasteiger partial charge on any atom is -0.313 e. The fraction of sp³-hybridized carbons (Fsp3) is 0.450. The topological polar surface area (TPSA) is 62.7 Å². The maximum absolute atomic E-state index is 14.3. The summed E-state index contributed by atoms with van der Waals surface area (Å²) in [7, 11) is 5.59. The highest BCUT2D eigenvalue weighted by Gasteiger charge is 2.54. The van der Waals surface area contributed by atoms with Crippen LogP contribution in [-0.2, 0) is 11.3 Å². The summed E-state index contributed by atoms with van der Waals surface area (Å²) < 4.78 is 14.3. The van der Waals surface area contributed by atoms with Crippen molar-refractivity contribution in [1.29, 1.82) is 0 Å². The number of benzene rings is 1. The highest BCUT2D eigenvalue weighted by Crippen LogP contribution is 2.35. The molecule has 0 bridgehead atoms. The van der Waals surface area contributed by atoms with Gasteiger partial charge in [-0.25, -0.2) is 14.2 Å². The predicted octanol–water partition coefficient (Wildman–Crippen LogP) is 1.98. The molecule has 1 fully saturated rings. The summed E-state index contributed by atoms with van der Waals surface area (Å²) in [6.07, 6.45) is 1.26. The number of halogens is 2. The van der Waals surface area contributed by atoms with Crippen LogP contribution in [-0.4, -0.2) is 88.8 Å². The van der Waals surface area contributed by atoms with Crippen LogP contribution < -0.4 is 0 Å². The van der Waals surface area contributed by atoms with Gasteiger partial charge in [-0.1, -0.05) is 17.7 Å². The van der Waals surface area contributed by atoms with Crippen LogP contribution in [0.3, 0.4) is 0 Å². The molecule has 0 N–H and O–H groups in total. The van der Waals surface area contributed by atoms with Gasteiger partial charge in [0.2, 0.25) is 5.96 Å². The summed E-state index contributed by atoms with van der Waals surface area (Å²) in [5.41, 5.74) is 1.10. The molecule has 3 amide bonds. The minimum absolute atomic E-state index is 0.118. The number of hydrogen-bond acceptors (Lipinski definition) is 6. The van der Waals surface area contributed by atoms with Crippen LogP contribution >= 0.6 is 11.6 Å². The highest BCUT2D eigenvalue weighted by atomic mass is 35.5. The van der Waals surface area contributed by atoms with E-state index in [0.29, 0.717) is 12.5 Å². The zero-order valence-electron chi connectivity index (χ0n) is 17.3. The van der Waals surface area contributed by atoms with Crippen molar-refractivity contribution in [2.24, 2.45) is 4.99 Å². The third-order valence-electron chi connectivity index (χ3n) is 5.65. The SMILES string of the molecule is CC1=CN2C(=NC3C2C(=O)N(Cc2c(F)cccc2Cl)C(=O)N3C)N1CCN(C)C. The average Bonchev–Trinajstić information content (AvgIpc) is 3.18. The van der Waals surface area contributed by atoms with Crippen molar-refractivity contribution in [3.05, 3.63) is 46.5 Å². The normalized spacial score (nSPS) is 23.3. The minimum atomic E-state index is -0.687. The molecule has 2 atom stereocenters. The van der Waals surface area contributed by atoms with E-state index in [1.54, 1.807) is 7.05 Å². The van der Waals surface area contributed by atoms with Crippen LogP contribution in [0, 0.1) is 5.82 Å². The van der Waals surface area contributed by atoms with Gasteiger partial charge < -0.3 is 19.6 Å². The molecule has 2 unspecified atom stereocenters. The largest absolute Gasteiger partial charge is 0.328 e. The zero-order valence-corrected chi connectivity index (χ0v) is 18.1. The number of carbonyl (C=O) groups excluding carboxylic acids is 2. The fourth-order valence-electron chi connectivity index (χ4n) is 3.97. The number of guanidine groups is 1. The number of urea groups is 1. The molecule has 0 spiro atoms. The lowest BCUT2D eigenvalue weighted by atomic mass is 10.1. The summed E-state index contributed by atoms with van der Waals surface area (Å²) in [5.74, 6) is -0.314. The average molecular weight is 435 g/mol. The number of amides is 3. The molecule has 0 aliphatic carbocycles. The van der Waals surface area contributed by atoms with Gasteiger partial charge in [0.25, 0.3) is 5.91 Å². The molecular formula is C20H24ClFN6O2. The molecule has 10 heteroatoms. The second kappa shape index (κ2) is 7.55. The summed E-state index contributed by atoms with van der Waals surface area (Å²) in [6, 6.07) is 3.08.